The predicted octanol–water partition coefficient (Wildman–Crippen LogP) is 2.26. The van der Waals surface area contributed by atoms with Crippen molar-refractivity contribution in [3.05, 3.63) is 65.2 Å². The van der Waals surface area contributed by atoms with E-state index in [1.807, 2.05) is 0 Å². The molecule has 2 rings (SSSR count). The number of nitrogens with zero attached hydrogens (tertiary/aromatic N) is 2. The molecule has 0 spiro atoms. The minimum atomic E-state index is -3.60. The van der Waals surface area contributed by atoms with Crippen molar-refractivity contribution in [1.29, 1.82) is 0 Å². The Hall–Kier alpha value is -2.38. The molecule has 24 heavy (non-hydrogen) atoms. The lowest BCUT2D eigenvalue weighted by Crippen LogP contribution is -2.38. The van der Waals surface area contributed by atoms with Crippen LogP contribution in [-0.4, -0.2) is 33.3 Å². The number of sulfonamides is 1. The number of rotatable bonds is 6. The number of anilines is 1. The standard InChI is InChI=1S/C16H16ClN3O3S/c1-24(22,23)20(14-8-3-2-4-9-14)12-16(21)19-18-11-13-7-5-6-10-15(13)17/h2-11H,12H2,1H3,(H,19,21)/b18-11-. The molecule has 0 radical (unpaired) electrons. The molecule has 0 aliphatic heterocycles. The summed E-state index contributed by atoms with van der Waals surface area (Å²) < 4.78 is 24.8. The first-order valence-corrected chi connectivity index (χ1v) is 9.20. The summed E-state index contributed by atoms with van der Waals surface area (Å²) in [5, 5.41) is 4.30. The lowest BCUT2D eigenvalue weighted by Gasteiger charge is -2.21. The van der Waals surface area contributed by atoms with E-state index in [0.717, 1.165) is 10.6 Å². The highest BCUT2D eigenvalue weighted by molar-refractivity contribution is 7.92. The molecule has 0 bridgehead atoms. The van der Waals surface area contributed by atoms with E-state index in [2.05, 4.69) is 10.5 Å². The monoisotopic (exact) mass is 365 g/mol. The molecule has 2 aromatic rings. The zero-order valence-corrected chi connectivity index (χ0v) is 14.5. The molecular formula is C16H16ClN3O3S. The fourth-order valence-corrected chi connectivity index (χ4v) is 2.95. The van der Waals surface area contributed by atoms with Crippen molar-refractivity contribution in [2.75, 3.05) is 17.1 Å². The second-order valence-electron chi connectivity index (χ2n) is 4.92. The van der Waals surface area contributed by atoms with Crippen molar-refractivity contribution in [3.8, 4) is 0 Å². The number of para-hydroxylation sites is 1. The number of halogens is 1. The molecule has 0 saturated heterocycles. The van der Waals surface area contributed by atoms with Gasteiger partial charge in [0.25, 0.3) is 5.91 Å². The molecule has 2 aromatic carbocycles. The highest BCUT2D eigenvalue weighted by Crippen LogP contribution is 2.16. The lowest BCUT2D eigenvalue weighted by molar-refractivity contribution is -0.119. The third kappa shape index (κ3) is 5.07. The highest BCUT2D eigenvalue weighted by atomic mass is 35.5. The summed E-state index contributed by atoms with van der Waals surface area (Å²) in [6.45, 7) is -0.372. The van der Waals surface area contributed by atoms with E-state index in [9.17, 15) is 13.2 Å². The molecule has 0 saturated carbocycles. The van der Waals surface area contributed by atoms with Gasteiger partial charge < -0.3 is 0 Å². The smallest absolute Gasteiger partial charge is 0.260 e. The van der Waals surface area contributed by atoms with Crippen molar-refractivity contribution >= 4 is 39.4 Å². The van der Waals surface area contributed by atoms with E-state index in [1.54, 1.807) is 54.6 Å². The molecule has 6 nitrogen and oxygen atoms in total. The molecule has 0 aliphatic rings. The van der Waals surface area contributed by atoms with Crippen LogP contribution in [0.5, 0.6) is 0 Å². The van der Waals surface area contributed by atoms with Gasteiger partial charge in [-0.1, -0.05) is 48.0 Å². The van der Waals surface area contributed by atoms with Crippen LogP contribution in [0.2, 0.25) is 5.02 Å². The van der Waals surface area contributed by atoms with Gasteiger partial charge >= 0.3 is 0 Å². The number of amides is 1. The lowest BCUT2D eigenvalue weighted by atomic mass is 10.2. The molecule has 0 aliphatic carbocycles. The molecule has 126 valence electrons. The van der Waals surface area contributed by atoms with Crippen LogP contribution in [0.15, 0.2) is 59.7 Å². The Labute approximate surface area is 145 Å². The first kappa shape index (κ1) is 18.0. The topological polar surface area (TPSA) is 78.8 Å². The second-order valence-corrected chi connectivity index (χ2v) is 7.23. The van der Waals surface area contributed by atoms with E-state index in [-0.39, 0.29) is 6.54 Å². The van der Waals surface area contributed by atoms with Crippen molar-refractivity contribution in [2.24, 2.45) is 5.10 Å². The molecule has 8 heteroatoms. The van der Waals surface area contributed by atoms with Crippen LogP contribution >= 0.6 is 11.6 Å². The van der Waals surface area contributed by atoms with Gasteiger partial charge in [0, 0.05) is 10.6 Å². The van der Waals surface area contributed by atoms with Gasteiger partial charge in [-0.3, -0.25) is 9.10 Å². The van der Waals surface area contributed by atoms with Crippen LogP contribution in [0.3, 0.4) is 0 Å². The minimum Gasteiger partial charge on any atom is -0.271 e. The maximum atomic E-state index is 12.0. The predicted molar refractivity (Wildman–Crippen MR) is 95.8 cm³/mol. The molecule has 0 heterocycles. The Bertz CT molecular complexity index is 839. The van der Waals surface area contributed by atoms with Crippen LogP contribution in [0, 0.1) is 0 Å². The zero-order valence-electron chi connectivity index (χ0n) is 12.9. The first-order valence-electron chi connectivity index (χ1n) is 6.97. The van der Waals surface area contributed by atoms with Gasteiger partial charge in [-0.15, -0.1) is 0 Å². The average Bonchev–Trinajstić information content (AvgIpc) is 2.54. The Balaban J connectivity index is 2.05. The normalized spacial score (nSPS) is 11.4. The van der Waals surface area contributed by atoms with Crippen molar-refractivity contribution < 1.29 is 13.2 Å². The second kappa shape index (κ2) is 7.94. The van der Waals surface area contributed by atoms with Crippen LogP contribution in [0.1, 0.15) is 5.56 Å². The van der Waals surface area contributed by atoms with E-state index >= 15 is 0 Å². The van der Waals surface area contributed by atoms with Gasteiger partial charge in [0.05, 0.1) is 18.2 Å². The number of nitrogens with one attached hydrogen (secondary N) is 1. The average molecular weight is 366 g/mol. The molecule has 0 unspecified atom stereocenters. The highest BCUT2D eigenvalue weighted by Gasteiger charge is 2.20. The fourth-order valence-electron chi connectivity index (χ4n) is 1.91. The van der Waals surface area contributed by atoms with Crippen LogP contribution in [-0.2, 0) is 14.8 Å². The quantitative estimate of drug-likeness (QED) is 0.630. The fraction of sp³-hybridized carbons (Fsp3) is 0.125. The summed E-state index contributed by atoms with van der Waals surface area (Å²) in [4.78, 5) is 12.0. The van der Waals surface area contributed by atoms with Crippen LogP contribution < -0.4 is 9.73 Å². The Morgan fingerprint density at radius 2 is 1.79 bits per heavy atom. The van der Waals surface area contributed by atoms with Gasteiger partial charge in [0.15, 0.2) is 0 Å². The molecule has 0 fully saturated rings. The third-order valence-corrected chi connectivity index (χ3v) is 4.51. The van der Waals surface area contributed by atoms with Crippen LogP contribution in [0.25, 0.3) is 0 Å². The SMILES string of the molecule is CS(=O)(=O)N(CC(=O)N/N=C\c1ccccc1Cl)c1ccccc1. The van der Waals surface area contributed by atoms with Crippen molar-refractivity contribution in [3.63, 3.8) is 0 Å². The Kier molecular flexibility index (Phi) is 5.94. The number of carbonyl (C=O) groups excluding carboxylic acids is 1. The minimum absolute atomic E-state index is 0.372. The number of hydrazone groups is 1. The van der Waals surface area contributed by atoms with E-state index < -0.39 is 15.9 Å². The number of carbonyl (C=O) groups is 1. The van der Waals surface area contributed by atoms with E-state index in [1.165, 1.54) is 6.21 Å². The first-order chi connectivity index (χ1) is 11.4. The van der Waals surface area contributed by atoms with Crippen LogP contribution in [0.4, 0.5) is 5.69 Å². The molecule has 1 N–H and O–H groups in total. The van der Waals surface area contributed by atoms with E-state index in [0.29, 0.717) is 16.3 Å². The summed E-state index contributed by atoms with van der Waals surface area (Å²) in [5.41, 5.74) is 3.35. The third-order valence-electron chi connectivity index (χ3n) is 3.03. The molecule has 1 amide bonds. The molecular weight excluding hydrogens is 350 g/mol. The van der Waals surface area contributed by atoms with Gasteiger partial charge in [0.1, 0.15) is 6.54 Å². The van der Waals surface area contributed by atoms with E-state index in [4.69, 9.17) is 11.6 Å². The number of hydrogen-bond acceptors (Lipinski definition) is 4. The summed E-state index contributed by atoms with van der Waals surface area (Å²) >= 11 is 5.97. The molecule has 0 aromatic heterocycles. The maximum absolute atomic E-state index is 12.0. The Morgan fingerprint density at radius 3 is 2.42 bits per heavy atom. The number of benzene rings is 2. The largest absolute Gasteiger partial charge is 0.271 e. The van der Waals surface area contributed by atoms with Crippen molar-refractivity contribution in [2.45, 2.75) is 0 Å². The molecule has 0 atom stereocenters. The van der Waals surface area contributed by atoms with Crippen molar-refractivity contribution in [1.82, 2.24) is 5.43 Å². The summed E-state index contributed by atoms with van der Waals surface area (Å²) in [5.74, 6) is -0.562. The Morgan fingerprint density at radius 1 is 1.17 bits per heavy atom. The maximum Gasteiger partial charge on any atom is 0.260 e. The summed E-state index contributed by atoms with van der Waals surface area (Å²) in [6.07, 6.45) is 2.44. The van der Waals surface area contributed by atoms with Gasteiger partial charge in [-0.25, -0.2) is 13.8 Å². The van der Waals surface area contributed by atoms with Gasteiger partial charge in [-0.05, 0) is 18.2 Å². The zero-order chi connectivity index (χ0) is 17.6. The number of hydrogen-bond donors (Lipinski definition) is 1. The summed E-state index contributed by atoms with van der Waals surface area (Å²) in [7, 11) is -3.60. The van der Waals surface area contributed by atoms with Gasteiger partial charge in [0.2, 0.25) is 10.0 Å². The summed E-state index contributed by atoms with van der Waals surface area (Å²) in [6, 6.07) is 15.4. The van der Waals surface area contributed by atoms with Gasteiger partial charge in [-0.2, -0.15) is 5.10 Å².